The van der Waals surface area contributed by atoms with Gasteiger partial charge in [-0.3, -0.25) is 14.5 Å². The van der Waals surface area contributed by atoms with Gasteiger partial charge in [0.15, 0.2) is 0 Å². The Bertz CT molecular complexity index is 409. The van der Waals surface area contributed by atoms with E-state index >= 15 is 0 Å². The highest BCUT2D eigenvalue weighted by atomic mass is 35.5. The number of amides is 1. The van der Waals surface area contributed by atoms with Crippen LogP contribution in [0, 0.1) is 0 Å². The number of carboxylic acids is 1. The van der Waals surface area contributed by atoms with Crippen molar-refractivity contribution in [2.75, 3.05) is 19.6 Å². The first-order valence-corrected chi connectivity index (χ1v) is 6.34. The SMILES string of the molecule is C=CCN(CC(=O)NCC(=O)O)Cc1cccs1.Cl. The molecule has 1 aromatic rings. The standard InChI is InChI=1S/C12H16N2O3S.ClH/c1-2-5-14(8-10-4-3-6-18-10)9-11(15)13-7-12(16)17;/h2-4,6H,1,5,7-9H2,(H,13,15)(H,16,17);1H. The van der Waals surface area contributed by atoms with Crippen molar-refractivity contribution in [2.24, 2.45) is 0 Å². The summed E-state index contributed by atoms with van der Waals surface area (Å²) >= 11 is 1.62. The minimum Gasteiger partial charge on any atom is -0.480 e. The number of rotatable bonds is 8. The molecule has 1 rings (SSSR count). The van der Waals surface area contributed by atoms with Crippen LogP contribution in [-0.2, 0) is 16.1 Å². The van der Waals surface area contributed by atoms with Crippen molar-refractivity contribution in [3.8, 4) is 0 Å². The minimum atomic E-state index is -1.04. The number of nitrogens with one attached hydrogen (secondary N) is 1. The van der Waals surface area contributed by atoms with Crippen molar-refractivity contribution < 1.29 is 14.7 Å². The van der Waals surface area contributed by atoms with E-state index in [-0.39, 0.29) is 31.4 Å². The lowest BCUT2D eigenvalue weighted by molar-refractivity contribution is -0.138. The Hall–Kier alpha value is -1.37. The molecule has 0 unspecified atom stereocenters. The minimum absolute atomic E-state index is 0. The molecule has 0 saturated heterocycles. The monoisotopic (exact) mass is 304 g/mol. The number of carboxylic acid groups (broad SMARTS) is 1. The zero-order valence-corrected chi connectivity index (χ0v) is 12.0. The second-order valence-electron chi connectivity index (χ2n) is 3.71. The van der Waals surface area contributed by atoms with Gasteiger partial charge in [-0.25, -0.2) is 0 Å². The number of carbonyl (C=O) groups excluding carboxylic acids is 1. The second-order valence-corrected chi connectivity index (χ2v) is 4.74. The fourth-order valence-corrected chi connectivity index (χ4v) is 2.17. The summed E-state index contributed by atoms with van der Waals surface area (Å²) in [6, 6.07) is 3.95. The molecule has 1 amide bonds. The van der Waals surface area contributed by atoms with Crippen molar-refractivity contribution in [1.82, 2.24) is 10.2 Å². The van der Waals surface area contributed by atoms with E-state index in [1.54, 1.807) is 17.4 Å². The lowest BCUT2D eigenvalue weighted by Gasteiger charge is -2.18. The Kier molecular flexibility index (Phi) is 8.86. The van der Waals surface area contributed by atoms with Crippen molar-refractivity contribution in [3.05, 3.63) is 35.0 Å². The van der Waals surface area contributed by atoms with Crippen LogP contribution in [0.2, 0.25) is 0 Å². The zero-order valence-electron chi connectivity index (χ0n) is 10.4. The second kappa shape index (κ2) is 9.55. The van der Waals surface area contributed by atoms with Crippen LogP contribution in [-0.4, -0.2) is 41.5 Å². The molecule has 0 radical (unpaired) electrons. The molecule has 2 N–H and O–H groups in total. The van der Waals surface area contributed by atoms with Crippen molar-refractivity contribution in [1.29, 1.82) is 0 Å². The molecule has 0 aromatic carbocycles. The summed E-state index contributed by atoms with van der Waals surface area (Å²) in [6.45, 7) is 4.70. The van der Waals surface area contributed by atoms with Gasteiger partial charge in [-0.05, 0) is 11.4 Å². The zero-order chi connectivity index (χ0) is 13.4. The molecule has 0 spiro atoms. The van der Waals surface area contributed by atoms with Crippen LogP contribution < -0.4 is 5.32 Å². The van der Waals surface area contributed by atoms with Gasteiger partial charge in [0, 0.05) is 18.0 Å². The van der Waals surface area contributed by atoms with Crippen molar-refractivity contribution in [3.63, 3.8) is 0 Å². The molecule has 0 bridgehead atoms. The molecule has 0 aliphatic heterocycles. The summed E-state index contributed by atoms with van der Waals surface area (Å²) in [6.07, 6.45) is 1.72. The summed E-state index contributed by atoms with van der Waals surface area (Å²) in [5.74, 6) is -1.34. The third kappa shape index (κ3) is 7.61. The average molecular weight is 305 g/mol. The van der Waals surface area contributed by atoms with Gasteiger partial charge in [-0.1, -0.05) is 12.1 Å². The molecular weight excluding hydrogens is 288 g/mol. The van der Waals surface area contributed by atoms with Gasteiger partial charge in [0.1, 0.15) is 6.54 Å². The Morgan fingerprint density at radius 3 is 2.79 bits per heavy atom. The van der Waals surface area contributed by atoms with Crippen molar-refractivity contribution >= 4 is 35.6 Å². The third-order valence-corrected chi connectivity index (χ3v) is 3.01. The fourth-order valence-electron chi connectivity index (χ4n) is 1.42. The first-order valence-electron chi connectivity index (χ1n) is 5.46. The van der Waals surface area contributed by atoms with Crippen LogP contribution in [0.25, 0.3) is 0 Å². The average Bonchev–Trinajstić information content (AvgIpc) is 2.79. The first-order chi connectivity index (χ1) is 8.61. The smallest absolute Gasteiger partial charge is 0.322 e. The molecule has 0 aliphatic rings. The van der Waals surface area contributed by atoms with E-state index in [2.05, 4.69) is 11.9 Å². The fraction of sp³-hybridized carbons (Fsp3) is 0.333. The summed E-state index contributed by atoms with van der Waals surface area (Å²) in [5, 5.41) is 12.8. The van der Waals surface area contributed by atoms with Gasteiger partial charge in [-0.2, -0.15) is 0 Å². The van der Waals surface area contributed by atoms with E-state index in [4.69, 9.17) is 5.11 Å². The summed E-state index contributed by atoms with van der Waals surface area (Å²) in [4.78, 5) is 24.9. The molecule has 106 valence electrons. The van der Waals surface area contributed by atoms with Gasteiger partial charge in [0.05, 0.1) is 6.54 Å². The Balaban J connectivity index is 0.00000324. The highest BCUT2D eigenvalue weighted by molar-refractivity contribution is 7.09. The first kappa shape index (κ1) is 17.6. The topological polar surface area (TPSA) is 69.6 Å². The normalized spacial score (nSPS) is 9.74. The Labute approximate surface area is 122 Å². The number of nitrogens with zero attached hydrogens (tertiary/aromatic N) is 1. The van der Waals surface area contributed by atoms with Gasteiger partial charge in [-0.15, -0.1) is 30.3 Å². The van der Waals surface area contributed by atoms with E-state index in [0.717, 1.165) is 4.88 Å². The van der Waals surface area contributed by atoms with E-state index in [1.165, 1.54) is 0 Å². The van der Waals surface area contributed by atoms with Gasteiger partial charge in [0.25, 0.3) is 0 Å². The number of carbonyl (C=O) groups is 2. The summed E-state index contributed by atoms with van der Waals surface area (Å²) in [5.41, 5.74) is 0. The van der Waals surface area contributed by atoms with Crippen LogP contribution in [0.1, 0.15) is 4.88 Å². The molecule has 19 heavy (non-hydrogen) atoms. The summed E-state index contributed by atoms with van der Waals surface area (Å²) < 4.78 is 0. The highest BCUT2D eigenvalue weighted by Crippen LogP contribution is 2.11. The molecule has 1 aromatic heterocycles. The number of halogens is 1. The molecular formula is C12H17ClN2O3S. The van der Waals surface area contributed by atoms with Crippen LogP contribution in [0.4, 0.5) is 0 Å². The lowest BCUT2D eigenvalue weighted by atomic mass is 10.3. The highest BCUT2D eigenvalue weighted by Gasteiger charge is 2.11. The molecule has 0 atom stereocenters. The maximum absolute atomic E-state index is 11.5. The molecule has 0 aliphatic carbocycles. The Morgan fingerprint density at radius 1 is 1.53 bits per heavy atom. The van der Waals surface area contributed by atoms with Crippen LogP contribution in [0.15, 0.2) is 30.2 Å². The quantitative estimate of drug-likeness (QED) is 0.712. The Morgan fingerprint density at radius 2 is 2.26 bits per heavy atom. The lowest BCUT2D eigenvalue weighted by Crippen LogP contribution is -2.39. The van der Waals surface area contributed by atoms with Crippen molar-refractivity contribution in [2.45, 2.75) is 6.54 Å². The number of hydrogen-bond donors (Lipinski definition) is 2. The van der Waals surface area contributed by atoms with Crippen LogP contribution in [0.3, 0.4) is 0 Å². The van der Waals surface area contributed by atoms with Crippen LogP contribution in [0.5, 0.6) is 0 Å². The van der Waals surface area contributed by atoms with E-state index in [0.29, 0.717) is 13.1 Å². The predicted molar refractivity (Wildman–Crippen MR) is 77.7 cm³/mol. The number of aliphatic carboxylic acids is 1. The third-order valence-electron chi connectivity index (χ3n) is 2.15. The van der Waals surface area contributed by atoms with E-state index in [9.17, 15) is 9.59 Å². The van der Waals surface area contributed by atoms with E-state index in [1.807, 2.05) is 22.4 Å². The van der Waals surface area contributed by atoms with Gasteiger partial charge < -0.3 is 10.4 Å². The van der Waals surface area contributed by atoms with Crippen LogP contribution >= 0.6 is 23.7 Å². The predicted octanol–water partition coefficient (Wildman–Crippen LogP) is 1.36. The molecule has 1 heterocycles. The van der Waals surface area contributed by atoms with Gasteiger partial charge in [0.2, 0.25) is 5.91 Å². The largest absolute Gasteiger partial charge is 0.480 e. The molecule has 7 heteroatoms. The molecule has 5 nitrogen and oxygen atoms in total. The summed E-state index contributed by atoms with van der Waals surface area (Å²) in [7, 11) is 0. The number of thiophene rings is 1. The maximum Gasteiger partial charge on any atom is 0.322 e. The van der Waals surface area contributed by atoms with E-state index < -0.39 is 5.97 Å². The molecule has 0 saturated carbocycles. The van der Waals surface area contributed by atoms with Gasteiger partial charge >= 0.3 is 5.97 Å². The number of hydrogen-bond acceptors (Lipinski definition) is 4. The molecule has 0 fully saturated rings. The maximum atomic E-state index is 11.5.